The molecule has 0 saturated carbocycles. The van der Waals surface area contributed by atoms with Crippen molar-refractivity contribution in [3.05, 3.63) is 39.7 Å². The van der Waals surface area contributed by atoms with Crippen LogP contribution in [-0.4, -0.2) is 23.2 Å². The molecule has 0 aliphatic carbocycles. The van der Waals surface area contributed by atoms with Gasteiger partial charge in [0.25, 0.3) is 0 Å². The minimum absolute atomic E-state index is 0.165. The quantitative estimate of drug-likeness (QED) is 0.540. The van der Waals surface area contributed by atoms with Crippen LogP contribution in [0.3, 0.4) is 0 Å². The van der Waals surface area contributed by atoms with Crippen molar-refractivity contribution in [1.29, 1.82) is 0 Å². The topological polar surface area (TPSA) is 75.4 Å². The minimum atomic E-state index is -0.810. The van der Waals surface area contributed by atoms with Gasteiger partial charge in [0.1, 0.15) is 0 Å². The van der Waals surface area contributed by atoms with E-state index < -0.39 is 16.4 Å². The van der Waals surface area contributed by atoms with Gasteiger partial charge in [0.05, 0.1) is 4.92 Å². The van der Waals surface area contributed by atoms with Gasteiger partial charge in [-0.25, -0.2) is 0 Å². The standard InChI is InChI=1S/C14H21FN2O3/c1-2-3-11(6-7-18)9-16-10-12-4-5-14(17(19)20)13(15)8-12/h4-5,8,11,16,18H,2-3,6-7,9-10H2,1H3. The molecule has 0 saturated heterocycles. The van der Waals surface area contributed by atoms with E-state index in [1.165, 1.54) is 12.1 Å². The fraction of sp³-hybridized carbons (Fsp3) is 0.571. The Kier molecular flexibility index (Phi) is 7.11. The second-order valence-corrected chi connectivity index (χ2v) is 4.84. The maximum atomic E-state index is 13.4. The molecule has 112 valence electrons. The lowest BCUT2D eigenvalue weighted by atomic mass is 10.0. The normalized spacial score (nSPS) is 12.3. The van der Waals surface area contributed by atoms with E-state index in [1.807, 2.05) is 0 Å². The van der Waals surface area contributed by atoms with E-state index in [9.17, 15) is 14.5 Å². The van der Waals surface area contributed by atoms with Crippen molar-refractivity contribution in [2.45, 2.75) is 32.7 Å². The maximum Gasteiger partial charge on any atom is 0.304 e. The first-order valence-electron chi connectivity index (χ1n) is 6.82. The van der Waals surface area contributed by atoms with E-state index >= 15 is 0 Å². The molecule has 0 fully saturated rings. The van der Waals surface area contributed by atoms with Crippen molar-refractivity contribution < 1.29 is 14.4 Å². The van der Waals surface area contributed by atoms with Gasteiger partial charge in [-0.15, -0.1) is 0 Å². The van der Waals surface area contributed by atoms with Gasteiger partial charge in [0.2, 0.25) is 5.82 Å². The number of halogens is 1. The van der Waals surface area contributed by atoms with E-state index in [0.717, 1.165) is 25.8 Å². The zero-order chi connectivity index (χ0) is 15.0. The van der Waals surface area contributed by atoms with Gasteiger partial charge in [-0.3, -0.25) is 10.1 Å². The number of hydrogen-bond donors (Lipinski definition) is 2. The highest BCUT2D eigenvalue weighted by molar-refractivity contribution is 5.34. The van der Waals surface area contributed by atoms with Gasteiger partial charge in [0, 0.05) is 19.2 Å². The number of nitrogens with one attached hydrogen (secondary N) is 1. The van der Waals surface area contributed by atoms with Crippen molar-refractivity contribution in [3.8, 4) is 0 Å². The Labute approximate surface area is 118 Å². The molecule has 20 heavy (non-hydrogen) atoms. The molecule has 6 heteroatoms. The second-order valence-electron chi connectivity index (χ2n) is 4.84. The van der Waals surface area contributed by atoms with Crippen molar-refractivity contribution in [2.75, 3.05) is 13.2 Å². The predicted molar refractivity (Wildman–Crippen MR) is 74.9 cm³/mol. The Bertz CT molecular complexity index is 434. The molecular formula is C14H21FN2O3. The third-order valence-electron chi connectivity index (χ3n) is 3.21. The van der Waals surface area contributed by atoms with Crippen molar-refractivity contribution in [2.24, 2.45) is 5.92 Å². The fourth-order valence-corrected chi connectivity index (χ4v) is 2.17. The van der Waals surface area contributed by atoms with Gasteiger partial charge in [0.15, 0.2) is 0 Å². The lowest BCUT2D eigenvalue weighted by Gasteiger charge is -2.15. The highest BCUT2D eigenvalue weighted by Gasteiger charge is 2.13. The Morgan fingerprint density at radius 3 is 2.75 bits per heavy atom. The van der Waals surface area contributed by atoms with Crippen LogP contribution >= 0.6 is 0 Å². The van der Waals surface area contributed by atoms with Gasteiger partial charge < -0.3 is 10.4 Å². The molecule has 2 N–H and O–H groups in total. The highest BCUT2D eigenvalue weighted by atomic mass is 19.1. The van der Waals surface area contributed by atoms with Crippen molar-refractivity contribution in [1.82, 2.24) is 5.32 Å². The first-order valence-corrected chi connectivity index (χ1v) is 6.82. The zero-order valence-electron chi connectivity index (χ0n) is 11.6. The number of hydrogen-bond acceptors (Lipinski definition) is 4. The van der Waals surface area contributed by atoms with E-state index in [-0.39, 0.29) is 6.61 Å². The predicted octanol–water partition coefficient (Wildman–Crippen LogP) is 2.62. The molecule has 0 heterocycles. The van der Waals surface area contributed by atoms with E-state index in [4.69, 9.17) is 5.11 Å². The largest absolute Gasteiger partial charge is 0.396 e. The molecule has 0 aliphatic heterocycles. The van der Waals surface area contributed by atoms with Crippen molar-refractivity contribution in [3.63, 3.8) is 0 Å². The average Bonchev–Trinajstić information content (AvgIpc) is 2.39. The molecule has 0 aromatic heterocycles. The summed E-state index contributed by atoms with van der Waals surface area (Å²) in [7, 11) is 0. The van der Waals surface area contributed by atoms with Crippen LogP contribution in [0.15, 0.2) is 18.2 Å². The fourth-order valence-electron chi connectivity index (χ4n) is 2.17. The van der Waals surface area contributed by atoms with Crippen LogP contribution in [0.1, 0.15) is 31.7 Å². The van der Waals surface area contributed by atoms with Gasteiger partial charge in [-0.2, -0.15) is 4.39 Å². The minimum Gasteiger partial charge on any atom is -0.396 e. The third kappa shape index (κ3) is 5.22. The molecule has 0 amide bonds. The average molecular weight is 284 g/mol. The van der Waals surface area contributed by atoms with E-state index in [2.05, 4.69) is 12.2 Å². The molecule has 0 aliphatic rings. The molecule has 1 aromatic rings. The summed E-state index contributed by atoms with van der Waals surface area (Å²) in [4.78, 5) is 9.78. The highest BCUT2D eigenvalue weighted by Crippen LogP contribution is 2.18. The molecule has 0 radical (unpaired) electrons. The van der Waals surface area contributed by atoms with Crippen LogP contribution < -0.4 is 5.32 Å². The molecular weight excluding hydrogens is 263 g/mol. The molecule has 5 nitrogen and oxygen atoms in total. The van der Waals surface area contributed by atoms with Crippen molar-refractivity contribution >= 4 is 5.69 Å². The van der Waals surface area contributed by atoms with Gasteiger partial charge in [-0.05, 0) is 36.9 Å². The molecule has 1 rings (SSSR count). The summed E-state index contributed by atoms with van der Waals surface area (Å²) in [6.07, 6.45) is 2.83. The second kappa shape index (κ2) is 8.60. The Morgan fingerprint density at radius 1 is 1.45 bits per heavy atom. The summed E-state index contributed by atoms with van der Waals surface area (Å²) in [6, 6.07) is 3.92. The summed E-state index contributed by atoms with van der Waals surface area (Å²) >= 11 is 0. The van der Waals surface area contributed by atoms with Gasteiger partial charge >= 0.3 is 5.69 Å². The number of nitrogens with zero attached hydrogens (tertiary/aromatic N) is 1. The van der Waals surface area contributed by atoms with Crippen LogP contribution in [0.25, 0.3) is 0 Å². The van der Waals surface area contributed by atoms with E-state index in [0.29, 0.717) is 18.0 Å². The summed E-state index contributed by atoms with van der Waals surface area (Å²) in [6.45, 7) is 3.46. The SMILES string of the molecule is CCCC(CCO)CNCc1ccc([N+](=O)[O-])c(F)c1. The summed E-state index contributed by atoms with van der Waals surface area (Å²) in [5, 5.41) is 22.7. The maximum absolute atomic E-state index is 13.4. The molecule has 1 aromatic carbocycles. The number of rotatable bonds is 9. The number of benzene rings is 1. The molecule has 1 atom stereocenters. The van der Waals surface area contributed by atoms with Crippen LogP contribution in [0.2, 0.25) is 0 Å². The first-order chi connectivity index (χ1) is 9.58. The smallest absolute Gasteiger partial charge is 0.304 e. The monoisotopic (exact) mass is 284 g/mol. The summed E-state index contributed by atoms with van der Waals surface area (Å²) < 4.78 is 13.4. The van der Waals surface area contributed by atoms with Crippen LogP contribution in [0, 0.1) is 21.8 Å². The summed E-state index contributed by atoms with van der Waals surface area (Å²) in [5.74, 6) is -0.414. The molecule has 1 unspecified atom stereocenters. The van der Waals surface area contributed by atoms with Crippen LogP contribution in [0.5, 0.6) is 0 Å². The Hall–Kier alpha value is -1.53. The Balaban J connectivity index is 2.49. The van der Waals surface area contributed by atoms with E-state index in [1.54, 1.807) is 6.07 Å². The first kappa shape index (κ1) is 16.5. The number of aliphatic hydroxyl groups is 1. The summed E-state index contributed by atoms with van der Waals surface area (Å²) in [5.41, 5.74) is 0.172. The van der Waals surface area contributed by atoms with Gasteiger partial charge in [-0.1, -0.05) is 19.4 Å². The zero-order valence-corrected chi connectivity index (χ0v) is 11.6. The third-order valence-corrected chi connectivity index (χ3v) is 3.21. The number of nitro groups is 1. The Morgan fingerprint density at radius 2 is 2.20 bits per heavy atom. The number of nitro benzene ring substituents is 1. The van der Waals surface area contributed by atoms with Crippen LogP contribution in [0.4, 0.5) is 10.1 Å². The number of aliphatic hydroxyl groups excluding tert-OH is 1. The lowest BCUT2D eigenvalue weighted by molar-refractivity contribution is -0.387. The van der Waals surface area contributed by atoms with Crippen LogP contribution in [-0.2, 0) is 6.54 Å². The lowest BCUT2D eigenvalue weighted by Crippen LogP contribution is -2.23. The molecule has 0 bridgehead atoms. The molecule has 0 spiro atoms.